The smallest absolute Gasteiger partial charge is 0.230 e. The van der Waals surface area contributed by atoms with Crippen molar-refractivity contribution in [1.29, 1.82) is 0 Å². The van der Waals surface area contributed by atoms with E-state index >= 15 is 0 Å². The summed E-state index contributed by atoms with van der Waals surface area (Å²) in [4.78, 5) is 23.7. The van der Waals surface area contributed by atoms with Crippen molar-refractivity contribution in [1.82, 2.24) is 10.6 Å². The summed E-state index contributed by atoms with van der Waals surface area (Å²) in [5.41, 5.74) is 0. The first-order valence-corrected chi connectivity index (χ1v) is 9.17. The average Bonchev–Trinajstić information content (AvgIpc) is 3.15. The van der Waals surface area contributed by atoms with Crippen LogP contribution in [0.25, 0.3) is 0 Å². The molecule has 1 aromatic heterocycles. The number of hydrogen-bond acceptors (Lipinski definition) is 4. The zero-order valence-corrected chi connectivity index (χ0v) is 13.8. The molecule has 1 aromatic rings. The van der Waals surface area contributed by atoms with Gasteiger partial charge >= 0.3 is 0 Å². The Hall–Kier alpha value is -1.43. The Morgan fingerprint density at radius 2 is 2.27 bits per heavy atom. The Kier molecular flexibility index (Phi) is 6.83. The first-order chi connectivity index (χ1) is 10.7. The molecule has 0 spiro atoms. The van der Waals surface area contributed by atoms with E-state index in [2.05, 4.69) is 10.6 Å². The van der Waals surface area contributed by atoms with E-state index in [1.807, 2.05) is 18.4 Å². The van der Waals surface area contributed by atoms with Crippen LogP contribution in [0.5, 0.6) is 0 Å². The molecule has 1 aliphatic carbocycles. The summed E-state index contributed by atoms with van der Waals surface area (Å²) < 4.78 is 5.26. The first kappa shape index (κ1) is 16.9. The van der Waals surface area contributed by atoms with Crippen molar-refractivity contribution in [2.45, 2.75) is 38.1 Å². The van der Waals surface area contributed by atoms with Crippen LogP contribution in [0.2, 0.25) is 0 Å². The third-order valence-electron chi connectivity index (χ3n) is 3.92. The second kappa shape index (κ2) is 8.88. The SMILES string of the molecule is CSCC(=O)N[C@@H]1CC[C@H](C(=O)NCCCc2ccco2)C1. The number of nitrogens with one attached hydrogen (secondary N) is 2. The molecule has 2 rings (SSSR count). The Balaban J connectivity index is 1.61. The Bertz CT molecular complexity index is 476. The monoisotopic (exact) mass is 324 g/mol. The van der Waals surface area contributed by atoms with Crippen molar-refractivity contribution in [3.8, 4) is 0 Å². The molecule has 0 unspecified atom stereocenters. The number of carbonyl (C=O) groups excluding carboxylic acids is 2. The number of carbonyl (C=O) groups is 2. The lowest BCUT2D eigenvalue weighted by molar-refractivity contribution is -0.125. The van der Waals surface area contributed by atoms with Gasteiger partial charge in [-0.1, -0.05) is 0 Å². The standard InChI is InChI=1S/C16H24N2O3S/c1-22-11-15(19)18-13-7-6-12(10-13)16(20)17-8-2-4-14-5-3-9-21-14/h3,5,9,12-13H,2,4,6-8,10-11H2,1H3,(H,17,20)(H,18,19)/t12-,13+/m0/s1. The molecular weight excluding hydrogens is 300 g/mol. The van der Waals surface area contributed by atoms with E-state index < -0.39 is 0 Å². The first-order valence-electron chi connectivity index (χ1n) is 7.77. The zero-order valence-electron chi connectivity index (χ0n) is 13.0. The summed E-state index contributed by atoms with van der Waals surface area (Å²) in [6.07, 6.45) is 7.79. The van der Waals surface area contributed by atoms with E-state index in [9.17, 15) is 9.59 Å². The van der Waals surface area contributed by atoms with Gasteiger partial charge in [0.05, 0.1) is 12.0 Å². The van der Waals surface area contributed by atoms with Gasteiger partial charge in [0.2, 0.25) is 11.8 Å². The molecule has 1 saturated carbocycles. The molecule has 0 bridgehead atoms. The number of hydrogen-bond donors (Lipinski definition) is 2. The van der Waals surface area contributed by atoms with Crippen LogP contribution in [0.4, 0.5) is 0 Å². The van der Waals surface area contributed by atoms with Gasteiger partial charge in [0.15, 0.2) is 0 Å². The van der Waals surface area contributed by atoms with Gasteiger partial charge in [0.1, 0.15) is 5.76 Å². The van der Waals surface area contributed by atoms with Crippen molar-refractivity contribution < 1.29 is 14.0 Å². The molecule has 1 heterocycles. The number of thioether (sulfide) groups is 1. The fraction of sp³-hybridized carbons (Fsp3) is 0.625. The molecule has 1 aliphatic rings. The molecule has 1 fully saturated rings. The van der Waals surface area contributed by atoms with Gasteiger partial charge in [-0.2, -0.15) is 11.8 Å². The zero-order chi connectivity index (χ0) is 15.8. The lowest BCUT2D eigenvalue weighted by Gasteiger charge is -2.13. The van der Waals surface area contributed by atoms with E-state index in [4.69, 9.17) is 4.42 Å². The molecule has 2 atom stereocenters. The molecule has 0 aromatic carbocycles. The average molecular weight is 324 g/mol. The maximum absolute atomic E-state index is 12.1. The van der Waals surface area contributed by atoms with Gasteiger partial charge in [-0.25, -0.2) is 0 Å². The minimum absolute atomic E-state index is 0.0307. The summed E-state index contributed by atoms with van der Waals surface area (Å²) >= 11 is 1.51. The van der Waals surface area contributed by atoms with Crippen molar-refractivity contribution >= 4 is 23.6 Å². The fourth-order valence-electron chi connectivity index (χ4n) is 2.82. The van der Waals surface area contributed by atoms with E-state index in [1.54, 1.807) is 6.26 Å². The molecule has 2 N–H and O–H groups in total. The van der Waals surface area contributed by atoms with Crippen molar-refractivity contribution in [2.75, 3.05) is 18.6 Å². The normalized spacial score (nSPS) is 20.8. The number of rotatable bonds is 8. The van der Waals surface area contributed by atoms with Crippen LogP contribution in [0.1, 0.15) is 31.4 Å². The Labute approximate surface area is 135 Å². The second-order valence-corrected chi connectivity index (χ2v) is 6.55. The number of aryl methyl sites for hydroxylation is 1. The predicted octanol–water partition coefficient (Wildman–Crippen LogP) is 1.98. The van der Waals surface area contributed by atoms with Gasteiger partial charge in [-0.3, -0.25) is 9.59 Å². The van der Waals surface area contributed by atoms with E-state index in [0.29, 0.717) is 12.3 Å². The van der Waals surface area contributed by atoms with Gasteiger partial charge in [0, 0.05) is 24.9 Å². The molecule has 0 saturated heterocycles. The van der Waals surface area contributed by atoms with Crippen LogP contribution >= 0.6 is 11.8 Å². The molecule has 2 amide bonds. The highest BCUT2D eigenvalue weighted by molar-refractivity contribution is 7.99. The van der Waals surface area contributed by atoms with Crippen LogP contribution in [-0.2, 0) is 16.0 Å². The quantitative estimate of drug-likeness (QED) is 0.717. The molecule has 5 nitrogen and oxygen atoms in total. The van der Waals surface area contributed by atoms with Crippen LogP contribution < -0.4 is 10.6 Å². The summed E-state index contributed by atoms with van der Waals surface area (Å²) in [6.45, 7) is 0.666. The fourth-order valence-corrected chi connectivity index (χ4v) is 3.17. The van der Waals surface area contributed by atoms with Gasteiger partial charge in [-0.05, 0) is 44.1 Å². The highest BCUT2D eigenvalue weighted by Crippen LogP contribution is 2.25. The molecule has 0 radical (unpaired) electrons. The van der Waals surface area contributed by atoms with Crippen molar-refractivity contribution in [3.63, 3.8) is 0 Å². The minimum Gasteiger partial charge on any atom is -0.469 e. The summed E-state index contributed by atoms with van der Waals surface area (Å²) in [7, 11) is 0. The van der Waals surface area contributed by atoms with E-state index in [0.717, 1.165) is 37.9 Å². The van der Waals surface area contributed by atoms with Gasteiger partial charge in [-0.15, -0.1) is 0 Å². The van der Waals surface area contributed by atoms with Crippen molar-refractivity contribution in [2.24, 2.45) is 5.92 Å². The number of amides is 2. The topological polar surface area (TPSA) is 71.3 Å². The maximum atomic E-state index is 12.1. The van der Waals surface area contributed by atoms with Crippen LogP contribution in [0, 0.1) is 5.92 Å². The molecule has 0 aliphatic heterocycles. The van der Waals surface area contributed by atoms with Gasteiger partial charge < -0.3 is 15.1 Å². The Morgan fingerprint density at radius 3 is 3.00 bits per heavy atom. The lowest BCUT2D eigenvalue weighted by atomic mass is 10.1. The predicted molar refractivity (Wildman–Crippen MR) is 87.7 cm³/mol. The van der Waals surface area contributed by atoms with Crippen LogP contribution in [-0.4, -0.2) is 36.4 Å². The van der Waals surface area contributed by atoms with E-state index in [-0.39, 0.29) is 23.8 Å². The maximum Gasteiger partial charge on any atom is 0.230 e. The minimum atomic E-state index is 0.0307. The molecule has 122 valence electrons. The highest BCUT2D eigenvalue weighted by Gasteiger charge is 2.30. The van der Waals surface area contributed by atoms with Crippen molar-refractivity contribution in [3.05, 3.63) is 24.2 Å². The molecular formula is C16H24N2O3S. The summed E-state index contributed by atoms with van der Waals surface area (Å²) in [6, 6.07) is 3.97. The van der Waals surface area contributed by atoms with E-state index in [1.165, 1.54) is 11.8 Å². The Morgan fingerprint density at radius 1 is 1.41 bits per heavy atom. The number of furan rings is 1. The molecule has 22 heavy (non-hydrogen) atoms. The summed E-state index contributed by atoms with van der Waals surface area (Å²) in [5, 5.41) is 5.99. The van der Waals surface area contributed by atoms with Gasteiger partial charge in [0.25, 0.3) is 0 Å². The molecule has 6 heteroatoms. The summed E-state index contributed by atoms with van der Waals surface area (Å²) in [5.74, 6) is 1.65. The van der Waals surface area contributed by atoms with Crippen LogP contribution in [0.3, 0.4) is 0 Å². The second-order valence-electron chi connectivity index (χ2n) is 5.68. The lowest BCUT2D eigenvalue weighted by Crippen LogP contribution is -2.36. The third kappa shape index (κ3) is 5.40. The van der Waals surface area contributed by atoms with Crippen LogP contribution in [0.15, 0.2) is 22.8 Å². The third-order valence-corrected chi connectivity index (χ3v) is 4.47. The highest BCUT2D eigenvalue weighted by atomic mass is 32.2. The largest absolute Gasteiger partial charge is 0.469 e.